The maximum Gasteiger partial charge on any atom is 0.255 e. The lowest BCUT2D eigenvalue weighted by Crippen LogP contribution is -2.24. The SMILES string of the molecule is Cc1nn(C)c(C)c1C(=O)NCC#Cc1ccccc1. The maximum absolute atomic E-state index is 12.1. The summed E-state index contributed by atoms with van der Waals surface area (Å²) in [5.74, 6) is 5.81. The van der Waals surface area contributed by atoms with Crippen LogP contribution < -0.4 is 5.32 Å². The standard InChI is InChI=1S/C16H17N3O/c1-12-15(13(2)19(3)18-12)16(20)17-11-7-10-14-8-5-4-6-9-14/h4-6,8-9H,11H2,1-3H3,(H,17,20). The Kier molecular flexibility index (Phi) is 4.21. The third-order valence-corrected chi connectivity index (χ3v) is 3.08. The largest absolute Gasteiger partial charge is 0.341 e. The Balaban J connectivity index is 1.98. The quantitative estimate of drug-likeness (QED) is 0.844. The molecular weight excluding hydrogens is 250 g/mol. The van der Waals surface area contributed by atoms with Gasteiger partial charge in [-0.2, -0.15) is 5.10 Å². The van der Waals surface area contributed by atoms with Crippen molar-refractivity contribution in [1.82, 2.24) is 15.1 Å². The molecule has 102 valence electrons. The molecule has 1 aromatic heterocycles. The van der Waals surface area contributed by atoms with Crippen LogP contribution in [0.1, 0.15) is 27.3 Å². The van der Waals surface area contributed by atoms with Crippen molar-refractivity contribution in [1.29, 1.82) is 0 Å². The van der Waals surface area contributed by atoms with Gasteiger partial charge >= 0.3 is 0 Å². The minimum Gasteiger partial charge on any atom is -0.341 e. The van der Waals surface area contributed by atoms with Crippen molar-refractivity contribution in [3.63, 3.8) is 0 Å². The number of nitrogens with zero attached hydrogens (tertiary/aromatic N) is 2. The number of benzene rings is 1. The molecule has 4 nitrogen and oxygen atoms in total. The topological polar surface area (TPSA) is 46.9 Å². The van der Waals surface area contributed by atoms with Crippen LogP contribution in [0, 0.1) is 25.7 Å². The lowest BCUT2D eigenvalue weighted by atomic mass is 10.2. The number of nitrogens with one attached hydrogen (secondary N) is 1. The highest BCUT2D eigenvalue weighted by molar-refractivity contribution is 5.96. The molecule has 1 aromatic carbocycles. The van der Waals surface area contributed by atoms with Crippen molar-refractivity contribution in [3.05, 3.63) is 52.8 Å². The predicted molar refractivity (Wildman–Crippen MR) is 78.3 cm³/mol. The van der Waals surface area contributed by atoms with E-state index in [9.17, 15) is 4.79 Å². The van der Waals surface area contributed by atoms with Crippen LogP contribution in [0.3, 0.4) is 0 Å². The van der Waals surface area contributed by atoms with E-state index >= 15 is 0 Å². The molecule has 0 aliphatic rings. The third-order valence-electron chi connectivity index (χ3n) is 3.08. The van der Waals surface area contributed by atoms with Crippen molar-refractivity contribution < 1.29 is 4.79 Å². The first-order valence-corrected chi connectivity index (χ1v) is 6.42. The van der Waals surface area contributed by atoms with Crippen LogP contribution in [0.5, 0.6) is 0 Å². The Morgan fingerprint density at radius 1 is 1.30 bits per heavy atom. The highest BCUT2D eigenvalue weighted by Crippen LogP contribution is 2.11. The van der Waals surface area contributed by atoms with Crippen molar-refractivity contribution in [2.75, 3.05) is 6.54 Å². The minimum absolute atomic E-state index is 0.129. The van der Waals surface area contributed by atoms with Gasteiger partial charge in [0.1, 0.15) is 0 Å². The van der Waals surface area contributed by atoms with Crippen LogP contribution >= 0.6 is 0 Å². The van der Waals surface area contributed by atoms with E-state index in [1.54, 1.807) is 4.68 Å². The highest BCUT2D eigenvalue weighted by Gasteiger charge is 2.16. The number of hydrogen-bond acceptors (Lipinski definition) is 2. The first kappa shape index (κ1) is 13.9. The molecule has 0 fully saturated rings. The first-order chi connectivity index (χ1) is 9.59. The molecule has 0 spiro atoms. The number of aromatic nitrogens is 2. The van der Waals surface area contributed by atoms with E-state index in [1.165, 1.54) is 0 Å². The summed E-state index contributed by atoms with van der Waals surface area (Å²) in [4.78, 5) is 12.1. The molecule has 0 atom stereocenters. The van der Waals surface area contributed by atoms with Gasteiger partial charge in [0.05, 0.1) is 17.8 Å². The van der Waals surface area contributed by atoms with Gasteiger partial charge in [-0.15, -0.1) is 0 Å². The molecule has 2 rings (SSSR count). The van der Waals surface area contributed by atoms with Gasteiger partial charge in [-0.1, -0.05) is 30.0 Å². The highest BCUT2D eigenvalue weighted by atomic mass is 16.1. The monoisotopic (exact) mass is 267 g/mol. The fourth-order valence-electron chi connectivity index (χ4n) is 1.98. The number of carbonyl (C=O) groups is 1. The molecule has 1 heterocycles. The first-order valence-electron chi connectivity index (χ1n) is 6.42. The van der Waals surface area contributed by atoms with Gasteiger partial charge in [0.2, 0.25) is 0 Å². The second kappa shape index (κ2) is 6.07. The van der Waals surface area contributed by atoms with Gasteiger partial charge in [0.25, 0.3) is 5.91 Å². The second-order valence-electron chi connectivity index (χ2n) is 4.52. The maximum atomic E-state index is 12.1. The summed E-state index contributed by atoms with van der Waals surface area (Å²) < 4.78 is 1.71. The Hall–Kier alpha value is -2.54. The zero-order valence-corrected chi connectivity index (χ0v) is 11.9. The fraction of sp³-hybridized carbons (Fsp3) is 0.250. The summed E-state index contributed by atoms with van der Waals surface area (Å²) >= 11 is 0. The zero-order chi connectivity index (χ0) is 14.5. The molecule has 0 aliphatic carbocycles. The van der Waals surface area contributed by atoms with E-state index in [0.29, 0.717) is 12.1 Å². The second-order valence-corrected chi connectivity index (χ2v) is 4.52. The van der Waals surface area contributed by atoms with E-state index in [-0.39, 0.29) is 5.91 Å². The Morgan fingerprint density at radius 2 is 2.00 bits per heavy atom. The van der Waals surface area contributed by atoms with Crippen LogP contribution in [0.25, 0.3) is 0 Å². The van der Waals surface area contributed by atoms with Crippen molar-refractivity contribution >= 4 is 5.91 Å². The molecule has 20 heavy (non-hydrogen) atoms. The van der Waals surface area contributed by atoms with Crippen LogP contribution in [0.2, 0.25) is 0 Å². The fourth-order valence-corrected chi connectivity index (χ4v) is 1.98. The van der Waals surface area contributed by atoms with Gasteiger partial charge in [-0.3, -0.25) is 9.48 Å². The number of aryl methyl sites for hydroxylation is 2. The average molecular weight is 267 g/mol. The lowest BCUT2D eigenvalue weighted by Gasteiger charge is -2.01. The van der Waals surface area contributed by atoms with Gasteiger partial charge in [0, 0.05) is 18.3 Å². The summed E-state index contributed by atoms with van der Waals surface area (Å²) in [5, 5.41) is 7.03. The Morgan fingerprint density at radius 3 is 2.60 bits per heavy atom. The average Bonchev–Trinajstić information content (AvgIpc) is 2.69. The molecule has 2 aromatic rings. The minimum atomic E-state index is -0.129. The Labute approximate surface area is 118 Å². The lowest BCUT2D eigenvalue weighted by molar-refractivity contribution is 0.0957. The van der Waals surface area contributed by atoms with E-state index in [0.717, 1.165) is 17.0 Å². The summed E-state index contributed by atoms with van der Waals surface area (Å²) in [6.07, 6.45) is 0. The molecule has 0 saturated heterocycles. The number of hydrogen-bond donors (Lipinski definition) is 1. The van der Waals surface area contributed by atoms with E-state index in [4.69, 9.17) is 0 Å². The van der Waals surface area contributed by atoms with Crippen LogP contribution in [-0.2, 0) is 7.05 Å². The molecule has 0 saturated carbocycles. The zero-order valence-electron chi connectivity index (χ0n) is 11.9. The van der Waals surface area contributed by atoms with Crippen molar-refractivity contribution in [3.8, 4) is 11.8 Å². The number of amides is 1. The summed E-state index contributed by atoms with van der Waals surface area (Å²) in [6, 6.07) is 9.69. The van der Waals surface area contributed by atoms with E-state index in [2.05, 4.69) is 22.3 Å². The molecule has 0 bridgehead atoms. The Bertz CT molecular complexity index is 675. The number of rotatable bonds is 2. The summed E-state index contributed by atoms with van der Waals surface area (Å²) in [7, 11) is 1.83. The van der Waals surface area contributed by atoms with Crippen molar-refractivity contribution in [2.45, 2.75) is 13.8 Å². The summed E-state index contributed by atoms with van der Waals surface area (Å²) in [5.41, 5.74) is 3.17. The van der Waals surface area contributed by atoms with Crippen LogP contribution in [0.4, 0.5) is 0 Å². The van der Waals surface area contributed by atoms with Gasteiger partial charge in [0.15, 0.2) is 0 Å². The third kappa shape index (κ3) is 3.07. The number of carbonyl (C=O) groups excluding carboxylic acids is 1. The molecule has 0 unspecified atom stereocenters. The van der Waals surface area contributed by atoms with E-state index < -0.39 is 0 Å². The van der Waals surface area contributed by atoms with Gasteiger partial charge in [-0.25, -0.2) is 0 Å². The molecule has 4 heteroatoms. The molecular formula is C16H17N3O. The van der Waals surface area contributed by atoms with Crippen molar-refractivity contribution in [2.24, 2.45) is 7.05 Å². The van der Waals surface area contributed by atoms with Crippen LogP contribution in [-0.4, -0.2) is 22.2 Å². The predicted octanol–water partition coefficient (Wildman–Crippen LogP) is 1.82. The summed E-state index contributed by atoms with van der Waals surface area (Å²) in [6.45, 7) is 4.03. The van der Waals surface area contributed by atoms with Crippen LogP contribution in [0.15, 0.2) is 30.3 Å². The van der Waals surface area contributed by atoms with Gasteiger partial charge in [-0.05, 0) is 26.0 Å². The molecule has 0 radical (unpaired) electrons. The van der Waals surface area contributed by atoms with E-state index in [1.807, 2.05) is 51.2 Å². The molecule has 1 N–H and O–H groups in total. The molecule has 0 aliphatic heterocycles. The normalized spacial score (nSPS) is 9.75. The van der Waals surface area contributed by atoms with Gasteiger partial charge < -0.3 is 5.32 Å². The molecule has 1 amide bonds. The smallest absolute Gasteiger partial charge is 0.255 e.